The van der Waals surface area contributed by atoms with Crippen molar-refractivity contribution in [2.24, 2.45) is 0 Å². The van der Waals surface area contributed by atoms with Crippen molar-refractivity contribution in [2.75, 3.05) is 26.8 Å². The fourth-order valence-electron chi connectivity index (χ4n) is 0.819. The van der Waals surface area contributed by atoms with Crippen molar-refractivity contribution in [3.05, 3.63) is 0 Å². The molecule has 0 aromatic rings. The summed E-state index contributed by atoms with van der Waals surface area (Å²) < 4.78 is 5.24. The van der Waals surface area contributed by atoms with E-state index in [1.165, 1.54) is 0 Å². The lowest BCUT2D eigenvalue weighted by molar-refractivity contribution is 0.131. The molecule has 0 aromatic carbocycles. The summed E-state index contributed by atoms with van der Waals surface area (Å²) in [6, 6.07) is 0.650. The molecule has 2 nitrogen and oxygen atoms in total. The standard InChI is InChI=1S/C9H21NO/c1-5-11-8-6-7-10(4)9(2)3/h9H,5-8H2,1-4H3. The van der Waals surface area contributed by atoms with Crippen LogP contribution in [0.5, 0.6) is 0 Å². The smallest absolute Gasteiger partial charge is 0.0478 e. The van der Waals surface area contributed by atoms with Gasteiger partial charge in [-0.1, -0.05) is 0 Å². The van der Waals surface area contributed by atoms with Crippen LogP contribution in [-0.2, 0) is 4.74 Å². The van der Waals surface area contributed by atoms with Gasteiger partial charge in [0.2, 0.25) is 0 Å². The Morgan fingerprint density at radius 2 is 2.00 bits per heavy atom. The van der Waals surface area contributed by atoms with Gasteiger partial charge in [0, 0.05) is 25.8 Å². The molecule has 0 aliphatic carbocycles. The summed E-state index contributed by atoms with van der Waals surface area (Å²) in [5.74, 6) is 0. The van der Waals surface area contributed by atoms with E-state index in [4.69, 9.17) is 4.74 Å². The normalized spacial score (nSPS) is 11.5. The summed E-state index contributed by atoms with van der Waals surface area (Å²) in [7, 11) is 2.15. The first-order valence-corrected chi connectivity index (χ1v) is 4.46. The van der Waals surface area contributed by atoms with E-state index in [-0.39, 0.29) is 0 Å². The van der Waals surface area contributed by atoms with Gasteiger partial charge in [-0.25, -0.2) is 0 Å². The molecule has 0 amide bonds. The minimum atomic E-state index is 0.650. The zero-order valence-electron chi connectivity index (χ0n) is 8.26. The third-order valence-corrected chi connectivity index (χ3v) is 1.89. The van der Waals surface area contributed by atoms with Crippen LogP contribution < -0.4 is 0 Å². The molecule has 68 valence electrons. The van der Waals surface area contributed by atoms with Crippen LogP contribution in [0.4, 0.5) is 0 Å². The molecule has 0 N–H and O–H groups in total. The molecule has 0 bridgehead atoms. The molecule has 0 aliphatic heterocycles. The highest BCUT2D eigenvalue weighted by atomic mass is 16.5. The third-order valence-electron chi connectivity index (χ3n) is 1.89. The first kappa shape index (κ1) is 10.9. The highest BCUT2D eigenvalue weighted by molar-refractivity contribution is 4.55. The highest BCUT2D eigenvalue weighted by Crippen LogP contribution is 1.94. The molecule has 0 atom stereocenters. The summed E-state index contributed by atoms with van der Waals surface area (Å²) >= 11 is 0. The van der Waals surface area contributed by atoms with E-state index in [1.807, 2.05) is 6.92 Å². The van der Waals surface area contributed by atoms with Gasteiger partial charge in [-0.3, -0.25) is 0 Å². The number of ether oxygens (including phenoxy) is 1. The zero-order valence-corrected chi connectivity index (χ0v) is 8.26. The Hall–Kier alpha value is -0.0800. The monoisotopic (exact) mass is 159 g/mol. The van der Waals surface area contributed by atoms with Gasteiger partial charge in [-0.2, -0.15) is 0 Å². The maximum Gasteiger partial charge on any atom is 0.0478 e. The minimum Gasteiger partial charge on any atom is -0.382 e. The molecular weight excluding hydrogens is 138 g/mol. The van der Waals surface area contributed by atoms with Crippen molar-refractivity contribution in [2.45, 2.75) is 33.2 Å². The molecule has 0 saturated carbocycles. The number of nitrogens with zero attached hydrogens (tertiary/aromatic N) is 1. The molecule has 0 fully saturated rings. The van der Waals surface area contributed by atoms with Crippen LogP contribution in [0.25, 0.3) is 0 Å². The van der Waals surface area contributed by atoms with Crippen LogP contribution >= 0.6 is 0 Å². The number of hydrogen-bond acceptors (Lipinski definition) is 2. The quantitative estimate of drug-likeness (QED) is 0.547. The van der Waals surface area contributed by atoms with Crippen LogP contribution in [0, 0.1) is 0 Å². The van der Waals surface area contributed by atoms with E-state index in [0.717, 1.165) is 26.2 Å². The molecule has 0 rings (SSSR count). The average molecular weight is 159 g/mol. The first-order valence-electron chi connectivity index (χ1n) is 4.46. The molecule has 0 saturated heterocycles. The van der Waals surface area contributed by atoms with Crippen molar-refractivity contribution in [1.82, 2.24) is 4.90 Å². The summed E-state index contributed by atoms with van der Waals surface area (Å²) in [6.07, 6.45) is 1.14. The van der Waals surface area contributed by atoms with Crippen LogP contribution in [0.3, 0.4) is 0 Å². The second-order valence-corrected chi connectivity index (χ2v) is 3.12. The maximum absolute atomic E-state index is 5.24. The zero-order chi connectivity index (χ0) is 8.69. The summed E-state index contributed by atoms with van der Waals surface area (Å²) in [5, 5.41) is 0. The lowest BCUT2D eigenvalue weighted by Gasteiger charge is -2.20. The van der Waals surface area contributed by atoms with Crippen molar-refractivity contribution in [3.63, 3.8) is 0 Å². The van der Waals surface area contributed by atoms with Crippen molar-refractivity contribution in [1.29, 1.82) is 0 Å². The minimum absolute atomic E-state index is 0.650. The predicted octanol–water partition coefficient (Wildman–Crippen LogP) is 1.75. The molecule has 0 aliphatic rings. The topological polar surface area (TPSA) is 12.5 Å². The lowest BCUT2D eigenvalue weighted by Crippen LogP contribution is -2.27. The summed E-state index contributed by atoms with van der Waals surface area (Å²) in [5.41, 5.74) is 0. The largest absolute Gasteiger partial charge is 0.382 e. The van der Waals surface area contributed by atoms with E-state index in [2.05, 4.69) is 25.8 Å². The Bertz CT molecular complexity index is 83.6. The summed E-state index contributed by atoms with van der Waals surface area (Å²) in [4.78, 5) is 2.33. The van der Waals surface area contributed by atoms with Crippen LogP contribution in [-0.4, -0.2) is 37.7 Å². The third kappa shape index (κ3) is 6.32. The molecule has 0 radical (unpaired) electrons. The second-order valence-electron chi connectivity index (χ2n) is 3.12. The van der Waals surface area contributed by atoms with E-state index < -0.39 is 0 Å². The van der Waals surface area contributed by atoms with Gasteiger partial charge < -0.3 is 9.64 Å². The Labute approximate surface area is 70.5 Å². The van der Waals surface area contributed by atoms with Crippen LogP contribution in [0.1, 0.15) is 27.2 Å². The Morgan fingerprint density at radius 3 is 2.45 bits per heavy atom. The van der Waals surface area contributed by atoms with Gasteiger partial charge in [-0.15, -0.1) is 0 Å². The molecule has 0 spiro atoms. The molecule has 0 aromatic heterocycles. The van der Waals surface area contributed by atoms with Gasteiger partial charge in [0.15, 0.2) is 0 Å². The Kier molecular flexibility index (Phi) is 6.57. The van der Waals surface area contributed by atoms with Gasteiger partial charge in [-0.05, 0) is 34.2 Å². The van der Waals surface area contributed by atoms with Gasteiger partial charge >= 0.3 is 0 Å². The molecule has 2 heteroatoms. The van der Waals surface area contributed by atoms with Gasteiger partial charge in [0.05, 0.1) is 0 Å². The van der Waals surface area contributed by atoms with Gasteiger partial charge in [0.25, 0.3) is 0 Å². The highest BCUT2D eigenvalue weighted by Gasteiger charge is 2.00. The van der Waals surface area contributed by atoms with E-state index in [9.17, 15) is 0 Å². The van der Waals surface area contributed by atoms with Crippen LogP contribution in [0.2, 0.25) is 0 Å². The molecule has 0 unspecified atom stereocenters. The number of rotatable bonds is 6. The predicted molar refractivity (Wildman–Crippen MR) is 48.9 cm³/mol. The number of hydrogen-bond donors (Lipinski definition) is 0. The molecule has 11 heavy (non-hydrogen) atoms. The summed E-state index contributed by atoms with van der Waals surface area (Å²) in [6.45, 7) is 9.32. The lowest BCUT2D eigenvalue weighted by atomic mass is 10.3. The molecular formula is C9H21NO. The SMILES string of the molecule is CCOCCCN(C)C(C)C. The van der Waals surface area contributed by atoms with Gasteiger partial charge in [0.1, 0.15) is 0 Å². The second kappa shape index (κ2) is 6.62. The van der Waals surface area contributed by atoms with Crippen molar-refractivity contribution in [3.8, 4) is 0 Å². The average Bonchev–Trinajstić information content (AvgIpc) is 1.97. The van der Waals surface area contributed by atoms with E-state index in [1.54, 1.807) is 0 Å². The Balaban J connectivity index is 3.10. The Morgan fingerprint density at radius 1 is 1.36 bits per heavy atom. The van der Waals surface area contributed by atoms with Crippen molar-refractivity contribution < 1.29 is 4.74 Å². The van der Waals surface area contributed by atoms with E-state index in [0.29, 0.717) is 6.04 Å². The first-order chi connectivity index (χ1) is 5.18. The molecule has 0 heterocycles. The fraction of sp³-hybridized carbons (Fsp3) is 1.00. The van der Waals surface area contributed by atoms with Crippen molar-refractivity contribution >= 4 is 0 Å². The van der Waals surface area contributed by atoms with Crippen LogP contribution in [0.15, 0.2) is 0 Å². The fourth-order valence-corrected chi connectivity index (χ4v) is 0.819. The maximum atomic E-state index is 5.24. The van der Waals surface area contributed by atoms with E-state index >= 15 is 0 Å².